The highest BCUT2D eigenvalue weighted by Crippen LogP contribution is 1.86. The lowest BCUT2D eigenvalue weighted by molar-refractivity contribution is 0.336. The highest BCUT2D eigenvalue weighted by atomic mass is 16.5. The lowest BCUT2D eigenvalue weighted by Crippen LogP contribution is -1.64. The summed E-state index contributed by atoms with van der Waals surface area (Å²) in [6.45, 7) is 2.14. The largest absolute Gasteiger partial charge is 0.505 e. The highest BCUT2D eigenvalue weighted by Gasteiger charge is 1.68. The summed E-state index contributed by atoms with van der Waals surface area (Å²) in [7, 11) is 1.66. The van der Waals surface area contributed by atoms with Crippen LogP contribution in [0, 0.1) is 0 Å². The molecule has 0 bridgehead atoms. The van der Waals surface area contributed by atoms with Crippen molar-refractivity contribution in [2.75, 3.05) is 7.11 Å². The summed E-state index contributed by atoms with van der Waals surface area (Å²) in [5, 5.41) is 0. The number of ether oxygens (including phenoxy) is 1. The van der Waals surface area contributed by atoms with Crippen molar-refractivity contribution in [2.45, 2.75) is 19.8 Å². The fourth-order valence-electron chi connectivity index (χ4n) is 0.331. The van der Waals surface area contributed by atoms with Crippen molar-refractivity contribution in [3.8, 4) is 0 Å². The zero-order valence-corrected chi connectivity index (χ0v) is 4.98. The predicted octanol–water partition coefficient (Wildman–Crippen LogP) is 1.95. The standard InChI is InChI=1S/C6H12O/c1-3-4-5-6-7-2/h5-6H,3-4H2,1-2H3/b6-5-. The smallest absolute Gasteiger partial charge is 0.0784 e. The maximum absolute atomic E-state index is 4.66. The molecule has 0 spiro atoms. The van der Waals surface area contributed by atoms with E-state index < -0.39 is 0 Å². The van der Waals surface area contributed by atoms with Gasteiger partial charge >= 0.3 is 0 Å². The van der Waals surface area contributed by atoms with Gasteiger partial charge in [-0.2, -0.15) is 0 Å². The summed E-state index contributed by atoms with van der Waals surface area (Å²) in [5.41, 5.74) is 0. The van der Waals surface area contributed by atoms with Gasteiger partial charge in [0.15, 0.2) is 0 Å². The summed E-state index contributed by atoms with van der Waals surface area (Å²) in [6, 6.07) is 0. The van der Waals surface area contributed by atoms with Gasteiger partial charge in [0.1, 0.15) is 0 Å². The summed E-state index contributed by atoms with van der Waals surface area (Å²) < 4.78 is 4.66. The second-order valence-electron chi connectivity index (χ2n) is 1.40. The van der Waals surface area contributed by atoms with E-state index in [1.165, 1.54) is 6.42 Å². The number of allylic oxidation sites excluding steroid dienone is 1. The van der Waals surface area contributed by atoms with Gasteiger partial charge in [-0.1, -0.05) is 13.3 Å². The minimum Gasteiger partial charge on any atom is -0.505 e. The van der Waals surface area contributed by atoms with Crippen LogP contribution in [-0.4, -0.2) is 7.11 Å². The molecular weight excluding hydrogens is 88.1 g/mol. The fraction of sp³-hybridized carbons (Fsp3) is 0.667. The highest BCUT2D eigenvalue weighted by molar-refractivity contribution is 4.71. The number of hydrogen-bond donors (Lipinski definition) is 0. The molecule has 0 aromatic rings. The molecule has 0 aromatic carbocycles. The molecule has 0 atom stereocenters. The van der Waals surface area contributed by atoms with E-state index in [1.54, 1.807) is 13.4 Å². The molecule has 0 radical (unpaired) electrons. The average molecular weight is 100 g/mol. The molecule has 0 N–H and O–H groups in total. The summed E-state index contributed by atoms with van der Waals surface area (Å²) in [4.78, 5) is 0. The molecule has 7 heavy (non-hydrogen) atoms. The molecule has 0 saturated carbocycles. The molecule has 0 saturated heterocycles. The van der Waals surface area contributed by atoms with Crippen LogP contribution in [0.4, 0.5) is 0 Å². The van der Waals surface area contributed by atoms with Crippen LogP contribution in [0.5, 0.6) is 0 Å². The molecule has 0 aliphatic heterocycles. The van der Waals surface area contributed by atoms with Crippen molar-refractivity contribution < 1.29 is 4.74 Å². The first-order valence-corrected chi connectivity index (χ1v) is 2.59. The third kappa shape index (κ3) is 5.54. The Balaban J connectivity index is 2.78. The number of methoxy groups -OCH3 is 1. The van der Waals surface area contributed by atoms with Crippen LogP contribution < -0.4 is 0 Å². The second kappa shape index (κ2) is 5.54. The van der Waals surface area contributed by atoms with Crippen molar-refractivity contribution >= 4 is 0 Å². The minimum atomic E-state index is 1.12. The lowest BCUT2D eigenvalue weighted by Gasteiger charge is -1.83. The molecule has 1 nitrogen and oxygen atoms in total. The maximum atomic E-state index is 4.66. The number of rotatable bonds is 3. The molecule has 0 aromatic heterocycles. The van der Waals surface area contributed by atoms with E-state index in [4.69, 9.17) is 0 Å². The summed E-state index contributed by atoms with van der Waals surface area (Å²) in [6.07, 6.45) is 6.04. The van der Waals surface area contributed by atoms with Crippen LogP contribution in [0.2, 0.25) is 0 Å². The Morgan fingerprint density at radius 2 is 2.29 bits per heavy atom. The average Bonchev–Trinajstić information content (AvgIpc) is 1.69. The Kier molecular flexibility index (Phi) is 5.18. The quantitative estimate of drug-likeness (QED) is 0.492. The molecule has 0 fully saturated rings. The van der Waals surface area contributed by atoms with E-state index >= 15 is 0 Å². The summed E-state index contributed by atoms with van der Waals surface area (Å²) >= 11 is 0. The molecule has 0 unspecified atom stereocenters. The van der Waals surface area contributed by atoms with Crippen LogP contribution in [0.15, 0.2) is 12.3 Å². The first-order chi connectivity index (χ1) is 3.41. The van der Waals surface area contributed by atoms with Crippen LogP contribution >= 0.6 is 0 Å². The monoisotopic (exact) mass is 100 g/mol. The fourth-order valence-corrected chi connectivity index (χ4v) is 0.331. The van der Waals surface area contributed by atoms with Crippen LogP contribution in [0.1, 0.15) is 19.8 Å². The second-order valence-corrected chi connectivity index (χ2v) is 1.40. The topological polar surface area (TPSA) is 9.23 Å². The Hall–Kier alpha value is -0.460. The maximum Gasteiger partial charge on any atom is 0.0784 e. The van der Waals surface area contributed by atoms with Gasteiger partial charge in [-0.05, 0) is 12.5 Å². The molecule has 0 amide bonds. The first-order valence-electron chi connectivity index (χ1n) is 2.59. The van der Waals surface area contributed by atoms with E-state index in [-0.39, 0.29) is 0 Å². The van der Waals surface area contributed by atoms with Gasteiger partial charge in [0, 0.05) is 0 Å². The lowest BCUT2D eigenvalue weighted by atomic mass is 10.3. The zero-order chi connectivity index (χ0) is 5.54. The van der Waals surface area contributed by atoms with E-state index in [2.05, 4.69) is 11.7 Å². The van der Waals surface area contributed by atoms with Gasteiger partial charge in [0.05, 0.1) is 13.4 Å². The van der Waals surface area contributed by atoms with Crippen molar-refractivity contribution in [1.29, 1.82) is 0 Å². The van der Waals surface area contributed by atoms with Crippen molar-refractivity contribution in [2.24, 2.45) is 0 Å². The Morgan fingerprint density at radius 1 is 1.57 bits per heavy atom. The van der Waals surface area contributed by atoms with Gasteiger partial charge in [0.2, 0.25) is 0 Å². The SMILES string of the molecule is CCC/C=C\OC. The number of hydrogen-bond acceptors (Lipinski definition) is 1. The van der Waals surface area contributed by atoms with Crippen molar-refractivity contribution in [1.82, 2.24) is 0 Å². The molecule has 0 aliphatic rings. The zero-order valence-electron chi connectivity index (χ0n) is 4.98. The van der Waals surface area contributed by atoms with Gasteiger partial charge in [-0.25, -0.2) is 0 Å². The molecule has 0 heterocycles. The third-order valence-corrected chi connectivity index (χ3v) is 0.688. The molecule has 42 valence electrons. The van der Waals surface area contributed by atoms with Gasteiger partial charge in [0.25, 0.3) is 0 Å². The van der Waals surface area contributed by atoms with Gasteiger partial charge in [-0.3, -0.25) is 0 Å². The van der Waals surface area contributed by atoms with Gasteiger partial charge in [-0.15, -0.1) is 0 Å². The molecule has 0 rings (SSSR count). The van der Waals surface area contributed by atoms with E-state index in [0.29, 0.717) is 0 Å². The normalized spacial score (nSPS) is 10.0. The molecule has 1 heteroatoms. The van der Waals surface area contributed by atoms with Gasteiger partial charge < -0.3 is 4.74 Å². The van der Waals surface area contributed by atoms with Crippen LogP contribution in [-0.2, 0) is 4.74 Å². The van der Waals surface area contributed by atoms with Crippen LogP contribution in [0.25, 0.3) is 0 Å². The van der Waals surface area contributed by atoms with E-state index in [0.717, 1.165) is 6.42 Å². The Labute approximate surface area is 45.0 Å². The third-order valence-electron chi connectivity index (χ3n) is 0.688. The van der Waals surface area contributed by atoms with E-state index in [9.17, 15) is 0 Å². The van der Waals surface area contributed by atoms with Crippen LogP contribution in [0.3, 0.4) is 0 Å². The van der Waals surface area contributed by atoms with E-state index in [1.807, 2.05) is 6.08 Å². The van der Waals surface area contributed by atoms with Crippen molar-refractivity contribution in [3.05, 3.63) is 12.3 Å². The van der Waals surface area contributed by atoms with Crippen molar-refractivity contribution in [3.63, 3.8) is 0 Å². The first kappa shape index (κ1) is 6.54. The summed E-state index contributed by atoms with van der Waals surface area (Å²) in [5.74, 6) is 0. The minimum absolute atomic E-state index is 1.12. The Bertz CT molecular complexity index is 48.1. The number of unbranched alkanes of at least 4 members (excludes halogenated alkanes) is 1. The predicted molar refractivity (Wildman–Crippen MR) is 31.1 cm³/mol. The molecular formula is C6H12O. The molecule has 0 aliphatic carbocycles. The Morgan fingerprint density at radius 3 is 2.71 bits per heavy atom.